The highest BCUT2D eigenvalue weighted by Crippen LogP contribution is 2.30. The van der Waals surface area contributed by atoms with Crippen molar-refractivity contribution in [2.24, 2.45) is 0 Å². The van der Waals surface area contributed by atoms with Crippen molar-refractivity contribution in [3.05, 3.63) is 35.2 Å². The van der Waals surface area contributed by atoms with Gasteiger partial charge in [0.1, 0.15) is 17.2 Å². The molecule has 0 unspecified atom stereocenters. The number of aromatic nitrogens is 2. The Balaban J connectivity index is 1.50. The van der Waals surface area contributed by atoms with Crippen LogP contribution in [0.1, 0.15) is 23.9 Å². The molecule has 0 fully saturated rings. The first-order chi connectivity index (χ1) is 11.3. The van der Waals surface area contributed by atoms with Crippen LogP contribution in [0.25, 0.3) is 10.2 Å². The van der Waals surface area contributed by atoms with Crippen molar-refractivity contribution in [2.75, 3.05) is 18.5 Å². The van der Waals surface area contributed by atoms with Gasteiger partial charge in [-0.2, -0.15) is 0 Å². The molecule has 1 N–H and O–H groups in total. The van der Waals surface area contributed by atoms with Gasteiger partial charge in [-0.05, 0) is 25.1 Å². The second-order valence-corrected chi connectivity index (χ2v) is 6.30. The molecule has 6 nitrogen and oxygen atoms in total. The van der Waals surface area contributed by atoms with Gasteiger partial charge in [-0.25, -0.2) is 4.98 Å². The van der Waals surface area contributed by atoms with E-state index in [4.69, 9.17) is 14.0 Å². The maximum absolute atomic E-state index is 5.53. The van der Waals surface area contributed by atoms with Crippen LogP contribution in [0.3, 0.4) is 0 Å². The Bertz CT molecular complexity index is 827. The van der Waals surface area contributed by atoms with Crippen LogP contribution in [0.15, 0.2) is 22.7 Å². The summed E-state index contributed by atoms with van der Waals surface area (Å²) in [7, 11) is 0. The Kier molecular flexibility index (Phi) is 3.88. The summed E-state index contributed by atoms with van der Waals surface area (Å²) in [6, 6.07) is 5.95. The SMILES string of the molecule is CCOc1ccc2nc(NCc3noc4c3COCC4)sc2c1. The summed E-state index contributed by atoms with van der Waals surface area (Å²) in [5, 5.41) is 8.33. The fraction of sp³-hybridized carbons (Fsp3) is 0.375. The summed E-state index contributed by atoms with van der Waals surface area (Å²) < 4.78 is 17.5. The van der Waals surface area contributed by atoms with Crippen molar-refractivity contribution < 1.29 is 14.0 Å². The third kappa shape index (κ3) is 2.89. The third-order valence-corrected chi connectivity index (χ3v) is 4.72. The van der Waals surface area contributed by atoms with Crippen molar-refractivity contribution in [3.63, 3.8) is 0 Å². The number of benzene rings is 1. The van der Waals surface area contributed by atoms with E-state index < -0.39 is 0 Å². The molecule has 0 saturated heterocycles. The van der Waals surface area contributed by atoms with Gasteiger partial charge in [-0.1, -0.05) is 16.5 Å². The van der Waals surface area contributed by atoms with Gasteiger partial charge in [0, 0.05) is 12.0 Å². The Hall–Kier alpha value is -2.12. The molecule has 0 atom stereocenters. The van der Waals surface area contributed by atoms with Crippen molar-refractivity contribution in [1.29, 1.82) is 0 Å². The molecule has 7 heteroatoms. The van der Waals surface area contributed by atoms with Gasteiger partial charge in [0.25, 0.3) is 0 Å². The van der Waals surface area contributed by atoms with Crippen molar-refractivity contribution in [3.8, 4) is 5.75 Å². The molecule has 23 heavy (non-hydrogen) atoms. The molecule has 1 aliphatic heterocycles. The van der Waals surface area contributed by atoms with Crippen LogP contribution < -0.4 is 10.1 Å². The largest absolute Gasteiger partial charge is 0.494 e. The van der Waals surface area contributed by atoms with Crippen molar-refractivity contribution >= 4 is 26.7 Å². The first kappa shape index (κ1) is 14.5. The van der Waals surface area contributed by atoms with E-state index in [1.165, 1.54) is 0 Å². The smallest absolute Gasteiger partial charge is 0.184 e. The Morgan fingerprint density at radius 1 is 1.39 bits per heavy atom. The highest BCUT2D eigenvalue weighted by Gasteiger charge is 2.19. The highest BCUT2D eigenvalue weighted by atomic mass is 32.1. The number of anilines is 1. The van der Waals surface area contributed by atoms with E-state index in [0.717, 1.165) is 44.5 Å². The summed E-state index contributed by atoms with van der Waals surface area (Å²) in [4.78, 5) is 4.59. The van der Waals surface area contributed by atoms with Crippen LogP contribution in [0.2, 0.25) is 0 Å². The standard InChI is InChI=1S/C16H17N3O3S/c1-2-21-10-3-4-12-15(7-10)23-16(18-12)17-8-13-11-9-20-6-5-14(11)22-19-13/h3-4,7H,2,5-6,8-9H2,1H3,(H,17,18). The lowest BCUT2D eigenvalue weighted by Crippen LogP contribution is -2.10. The molecule has 0 bridgehead atoms. The molecular formula is C16H17N3O3S. The molecule has 2 aromatic heterocycles. The number of rotatable bonds is 5. The molecule has 0 saturated carbocycles. The van der Waals surface area contributed by atoms with E-state index in [9.17, 15) is 0 Å². The van der Waals surface area contributed by atoms with Gasteiger partial charge >= 0.3 is 0 Å². The fourth-order valence-electron chi connectivity index (χ4n) is 2.62. The van der Waals surface area contributed by atoms with Crippen LogP contribution in [0, 0.1) is 0 Å². The number of nitrogens with zero attached hydrogens (tertiary/aromatic N) is 2. The minimum atomic E-state index is 0.577. The van der Waals surface area contributed by atoms with E-state index in [1.807, 2.05) is 25.1 Å². The molecule has 1 aliphatic rings. The molecular weight excluding hydrogens is 314 g/mol. The summed E-state index contributed by atoms with van der Waals surface area (Å²) in [5.41, 5.74) is 2.93. The van der Waals surface area contributed by atoms with Gasteiger partial charge in [0.2, 0.25) is 0 Å². The van der Waals surface area contributed by atoms with Crippen LogP contribution >= 0.6 is 11.3 Å². The zero-order chi connectivity index (χ0) is 15.6. The number of nitrogens with one attached hydrogen (secondary N) is 1. The highest BCUT2D eigenvalue weighted by molar-refractivity contribution is 7.22. The van der Waals surface area contributed by atoms with E-state index >= 15 is 0 Å². The minimum absolute atomic E-state index is 0.577. The summed E-state index contributed by atoms with van der Waals surface area (Å²) in [5.74, 6) is 1.82. The van der Waals surface area contributed by atoms with E-state index in [1.54, 1.807) is 11.3 Å². The number of thiazole rings is 1. The number of fused-ring (bicyclic) bond motifs is 2. The lowest BCUT2D eigenvalue weighted by atomic mass is 10.1. The summed E-state index contributed by atoms with van der Waals surface area (Å²) in [6.07, 6.45) is 0.795. The van der Waals surface area contributed by atoms with Gasteiger partial charge < -0.3 is 19.3 Å². The molecule has 0 amide bonds. The number of hydrogen-bond acceptors (Lipinski definition) is 7. The molecule has 3 heterocycles. The van der Waals surface area contributed by atoms with Gasteiger partial charge in [0.05, 0.1) is 36.6 Å². The Morgan fingerprint density at radius 2 is 2.35 bits per heavy atom. The zero-order valence-corrected chi connectivity index (χ0v) is 13.6. The minimum Gasteiger partial charge on any atom is -0.494 e. The lowest BCUT2D eigenvalue weighted by Gasteiger charge is -2.10. The monoisotopic (exact) mass is 331 g/mol. The predicted octanol–water partition coefficient (Wildman–Crippen LogP) is 3.37. The van der Waals surface area contributed by atoms with Crippen LogP contribution in [0.5, 0.6) is 5.75 Å². The molecule has 0 radical (unpaired) electrons. The molecule has 0 aliphatic carbocycles. The van der Waals surface area contributed by atoms with Gasteiger partial charge in [0.15, 0.2) is 5.13 Å². The van der Waals surface area contributed by atoms with Crippen LogP contribution in [-0.4, -0.2) is 23.4 Å². The second kappa shape index (κ2) is 6.17. The normalized spacial score (nSPS) is 14.0. The molecule has 3 aromatic rings. The number of hydrogen-bond donors (Lipinski definition) is 1. The van der Waals surface area contributed by atoms with E-state index in [-0.39, 0.29) is 0 Å². The lowest BCUT2D eigenvalue weighted by molar-refractivity contribution is 0.102. The van der Waals surface area contributed by atoms with E-state index in [0.29, 0.717) is 26.4 Å². The zero-order valence-electron chi connectivity index (χ0n) is 12.8. The quantitative estimate of drug-likeness (QED) is 0.773. The second-order valence-electron chi connectivity index (χ2n) is 5.27. The Labute approximate surface area is 137 Å². The van der Waals surface area contributed by atoms with Crippen molar-refractivity contribution in [2.45, 2.75) is 26.5 Å². The predicted molar refractivity (Wildman–Crippen MR) is 88.0 cm³/mol. The first-order valence-corrected chi connectivity index (χ1v) is 8.46. The van der Waals surface area contributed by atoms with Gasteiger partial charge in [-0.3, -0.25) is 0 Å². The fourth-order valence-corrected chi connectivity index (χ4v) is 3.51. The average molecular weight is 331 g/mol. The van der Waals surface area contributed by atoms with Crippen LogP contribution in [-0.2, 0) is 24.3 Å². The van der Waals surface area contributed by atoms with E-state index in [2.05, 4.69) is 15.5 Å². The Morgan fingerprint density at radius 3 is 3.26 bits per heavy atom. The molecule has 120 valence electrons. The summed E-state index contributed by atoms with van der Waals surface area (Å²) in [6.45, 7) is 4.50. The third-order valence-electron chi connectivity index (χ3n) is 3.75. The maximum Gasteiger partial charge on any atom is 0.184 e. The van der Waals surface area contributed by atoms with Crippen molar-refractivity contribution in [1.82, 2.24) is 10.1 Å². The number of ether oxygens (including phenoxy) is 2. The summed E-state index contributed by atoms with van der Waals surface area (Å²) >= 11 is 1.60. The van der Waals surface area contributed by atoms with Gasteiger partial charge in [-0.15, -0.1) is 0 Å². The van der Waals surface area contributed by atoms with Crippen LogP contribution in [0.4, 0.5) is 5.13 Å². The maximum atomic E-state index is 5.53. The molecule has 0 spiro atoms. The first-order valence-electron chi connectivity index (χ1n) is 7.65. The average Bonchev–Trinajstić information content (AvgIpc) is 3.16. The topological polar surface area (TPSA) is 69.4 Å². The molecule has 4 rings (SSSR count). The molecule has 1 aromatic carbocycles.